The van der Waals surface area contributed by atoms with Gasteiger partial charge in [-0.15, -0.1) is 0 Å². The monoisotopic (exact) mass is 317 g/mol. The van der Waals surface area contributed by atoms with Crippen molar-refractivity contribution in [2.45, 2.75) is 64.0 Å². The molecule has 2 aliphatic heterocycles. The summed E-state index contributed by atoms with van der Waals surface area (Å²) < 4.78 is 8.35. The molecule has 0 aromatic carbocycles. The molecule has 1 saturated heterocycles. The Morgan fingerprint density at radius 2 is 2.17 bits per heavy atom. The predicted molar refractivity (Wildman–Crippen MR) is 87.1 cm³/mol. The molecule has 0 unspecified atom stereocenters. The van der Waals surface area contributed by atoms with Gasteiger partial charge in [-0.1, -0.05) is 19.3 Å². The van der Waals surface area contributed by atoms with E-state index >= 15 is 0 Å². The zero-order valence-electron chi connectivity index (χ0n) is 14.1. The van der Waals surface area contributed by atoms with Gasteiger partial charge in [0.1, 0.15) is 5.82 Å². The van der Waals surface area contributed by atoms with Crippen LogP contribution in [0.4, 0.5) is 0 Å². The topological polar surface area (TPSA) is 47.4 Å². The van der Waals surface area contributed by atoms with Gasteiger partial charge in [-0.2, -0.15) is 0 Å². The molecule has 23 heavy (non-hydrogen) atoms. The predicted octanol–water partition coefficient (Wildman–Crippen LogP) is 2.32. The van der Waals surface area contributed by atoms with Gasteiger partial charge in [-0.05, 0) is 32.6 Å². The van der Waals surface area contributed by atoms with Gasteiger partial charge in [0.25, 0.3) is 0 Å². The molecule has 126 valence electrons. The summed E-state index contributed by atoms with van der Waals surface area (Å²) in [6, 6.07) is 0. The first-order chi connectivity index (χ1) is 11.2. The lowest BCUT2D eigenvalue weighted by Crippen LogP contribution is -2.56. The molecule has 0 N–H and O–H groups in total. The van der Waals surface area contributed by atoms with Crippen molar-refractivity contribution >= 4 is 5.91 Å². The van der Waals surface area contributed by atoms with Gasteiger partial charge in [0.05, 0.1) is 18.1 Å². The highest BCUT2D eigenvalue weighted by Gasteiger charge is 2.40. The number of rotatable bonds is 1. The molecule has 0 radical (unpaired) electrons. The minimum Gasteiger partial charge on any atom is -0.371 e. The Morgan fingerprint density at radius 1 is 1.35 bits per heavy atom. The molecule has 1 saturated carbocycles. The van der Waals surface area contributed by atoms with Crippen molar-refractivity contribution in [2.24, 2.45) is 5.92 Å². The number of carbonyl (C=O) groups is 1. The second-order valence-electron chi connectivity index (χ2n) is 7.49. The van der Waals surface area contributed by atoms with Crippen molar-refractivity contribution < 1.29 is 9.53 Å². The van der Waals surface area contributed by atoms with Gasteiger partial charge >= 0.3 is 0 Å². The van der Waals surface area contributed by atoms with E-state index in [1.54, 1.807) is 0 Å². The molecule has 1 amide bonds. The Kier molecular flexibility index (Phi) is 3.92. The largest absolute Gasteiger partial charge is 0.371 e. The normalized spacial score (nSPS) is 27.0. The number of carbonyl (C=O) groups excluding carboxylic acids is 1. The standard InChI is InChI=1S/C18H27N3O2/c1-14-19-11-16-6-5-15(12-21(14)16)17(22)20-9-10-23-18(13-20)7-3-2-4-8-18/h11,15H,2-10,12-13H2,1H3/t15-/m0/s1. The average Bonchev–Trinajstić information content (AvgIpc) is 2.96. The Hall–Kier alpha value is -1.36. The van der Waals surface area contributed by atoms with Crippen LogP contribution in [0.15, 0.2) is 6.20 Å². The van der Waals surface area contributed by atoms with Gasteiger partial charge < -0.3 is 14.2 Å². The Balaban J connectivity index is 1.45. The van der Waals surface area contributed by atoms with E-state index in [1.807, 2.05) is 13.1 Å². The van der Waals surface area contributed by atoms with Gasteiger partial charge in [0.2, 0.25) is 5.91 Å². The molecular weight excluding hydrogens is 290 g/mol. The van der Waals surface area contributed by atoms with Crippen molar-refractivity contribution in [3.8, 4) is 0 Å². The number of aromatic nitrogens is 2. The molecular formula is C18H27N3O2. The summed E-state index contributed by atoms with van der Waals surface area (Å²) in [6.45, 7) is 5.09. The molecule has 1 aromatic heterocycles. The number of morpholine rings is 1. The summed E-state index contributed by atoms with van der Waals surface area (Å²) in [6.07, 6.45) is 9.90. The maximum atomic E-state index is 13.1. The van der Waals surface area contributed by atoms with Crippen molar-refractivity contribution in [3.63, 3.8) is 0 Å². The third-order valence-electron chi connectivity index (χ3n) is 5.96. The maximum absolute atomic E-state index is 13.1. The molecule has 2 fully saturated rings. The zero-order valence-corrected chi connectivity index (χ0v) is 14.1. The lowest BCUT2D eigenvalue weighted by molar-refractivity contribution is -0.160. The highest BCUT2D eigenvalue weighted by atomic mass is 16.5. The number of hydrogen-bond donors (Lipinski definition) is 0. The number of hydrogen-bond acceptors (Lipinski definition) is 3. The van der Waals surface area contributed by atoms with Crippen LogP contribution in [0.5, 0.6) is 0 Å². The Bertz CT molecular complexity index is 584. The first kappa shape index (κ1) is 15.2. The molecule has 0 bridgehead atoms. The summed E-state index contributed by atoms with van der Waals surface area (Å²) in [5, 5.41) is 0. The number of amides is 1. The fourth-order valence-corrected chi connectivity index (χ4v) is 4.59. The first-order valence-corrected chi connectivity index (χ1v) is 9.11. The molecule has 1 aromatic rings. The molecule has 5 nitrogen and oxygen atoms in total. The second kappa shape index (κ2) is 5.93. The van der Waals surface area contributed by atoms with Gasteiger partial charge in [0, 0.05) is 31.5 Å². The smallest absolute Gasteiger partial charge is 0.227 e. The lowest BCUT2D eigenvalue weighted by Gasteiger charge is -2.46. The van der Waals surface area contributed by atoms with Crippen LogP contribution in [0.25, 0.3) is 0 Å². The summed E-state index contributed by atoms with van der Waals surface area (Å²) in [5.74, 6) is 1.47. The minimum absolute atomic E-state index is 0.0447. The minimum atomic E-state index is -0.0447. The van der Waals surface area contributed by atoms with Crippen LogP contribution < -0.4 is 0 Å². The van der Waals surface area contributed by atoms with Crippen LogP contribution >= 0.6 is 0 Å². The molecule has 5 heteroatoms. The average molecular weight is 317 g/mol. The van der Waals surface area contributed by atoms with Gasteiger partial charge in [-0.3, -0.25) is 4.79 Å². The van der Waals surface area contributed by atoms with Crippen molar-refractivity contribution in [1.82, 2.24) is 14.5 Å². The van der Waals surface area contributed by atoms with E-state index in [9.17, 15) is 4.79 Å². The van der Waals surface area contributed by atoms with E-state index in [2.05, 4.69) is 14.5 Å². The molecule has 3 heterocycles. The second-order valence-corrected chi connectivity index (χ2v) is 7.49. The highest BCUT2D eigenvalue weighted by Crippen LogP contribution is 2.35. The van der Waals surface area contributed by atoms with Crippen molar-refractivity contribution in [3.05, 3.63) is 17.7 Å². The fourth-order valence-electron chi connectivity index (χ4n) is 4.59. The van der Waals surface area contributed by atoms with Crippen LogP contribution in [0, 0.1) is 12.8 Å². The van der Waals surface area contributed by atoms with Crippen LogP contribution in [0.3, 0.4) is 0 Å². The first-order valence-electron chi connectivity index (χ1n) is 9.11. The summed E-state index contributed by atoms with van der Waals surface area (Å²) in [7, 11) is 0. The molecule has 1 aliphatic carbocycles. The molecule has 4 rings (SSSR count). The van der Waals surface area contributed by atoms with Crippen molar-refractivity contribution in [1.29, 1.82) is 0 Å². The number of aryl methyl sites for hydroxylation is 2. The van der Waals surface area contributed by atoms with E-state index in [0.29, 0.717) is 12.5 Å². The zero-order chi connectivity index (χ0) is 15.9. The summed E-state index contributed by atoms with van der Waals surface area (Å²) >= 11 is 0. The number of nitrogens with zero attached hydrogens (tertiary/aromatic N) is 3. The van der Waals surface area contributed by atoms with E-state index in [-0.39, 0.29) is 11.5 Å². The van der Waals surface area contributed by atoms with Crippen LogP contribution in [0.1, 0.15) is 50.0 Å². The Labute approximate surface area is 138 Å². The highest BCUT2D eigenvalue weighted by molar-refractivity contribution is 5.79. The SMILES string of the molecule is Cc1ncc2n1C[C@@H](C(=O)N1CCOC3(CCCCC3)C1)CC2. The Morgan fingerprint density at radius 3 is 3.00 bits per heavy atom. The van der Waals surface area contributed by atoms with Crippen LogP contribution in [-0.4, -0.2) is 45.7 Å². The maximum Gasteiger partial charge on any atom is 0.227 e. The number of imidazole rings is 1. The third kappa shape index (κ3) is 2.80. The van der Waals surface area contributed by atoms with E-state index in [0.717, 1.165) is 51.1 Å². The molecule has 1 spiro atoms. The summed E-state index contributed by atoms with van der Waals surface area (Å²) in [4.78, 5) is 19.5. The van der Waals surface area contributed by atoms with E-state index in [4.69, 9.17) is 4.74 Å². The number of ether oxygens (including phenoxy) is 1. The van der Waals surface area contributed by atoms with Gasteiger partial charge in [-0.25, -0.2) is 4.98 Å². The third-order valence-corrected chi connectivity index (χ3v) is 5.96. The van der Waals surface area contributed by atoms with Crippen LogP contribution in [0.2, 0.25) is 0 Å². The van der Waals surface area contributed by atoms with Crippen LogP contribution in [-0.2, 0) is 22.5 Å². The molecule has 1 atom stereocenters. The van der Waals surface area contributed by atoms with Gasteiger partial charge in [0.15, 0.2) is 0 Å². The number of fused-ring (bicyclic) bond motifs is 1. The van der Waals surface area contributed by atoms with E-state index in [1.165, 1.54) is 25.0 Å². The quantitative estimate of drug-likeness (QED) is 0.798. The van der Waals surface area contributed by atoms with E-state index < -0.39 is 0 Å². The van der Waals surface area contributed by atoms with Crippen molar-refractivity contribution in [2.75, 3.05) is 19.7 Å². The lowest BCUT2D eigenvalue weighted by atomic mass is 9.83. The fraction of sp³-hybridized carbons (Fsp3) is 0.778. The molecule has 3 aliphatic rings. The summed E-state index contributed by atoms with van der Waals surface area (Å²) in [5.41, 5.74) is 1.23.